The van der Waals surface area contributed by atoms with Gasteiger partial charge in [0.1, 0.15) is 16.6 Å². The third kappa shape index (κ3) is 1.88. The van der Waals surface area contributed by atoms with Crippen LogP contribution < -0.4 is 0 Å². The fourth-order valence-electron chi connectivity index (χ4n) is 1.35. The number of hydrogen-bond donors (Lipinski definition) is 1. The normalized spacial score (nSPS) is 14.3. The van der Waals surface area contributed by atoms with Crippen LogP contribution in [0.2, 0.25) is 0 Å². The van der Waals surface area contributed by atoms with E-state index in [1.807, 2.05) is 12.1 Å². The molecule has 2 aromatic rings. The summed E-state index contributed by atoms with van der Waals surface area (Å²) in [5.41, 5.74) is 0.614. The van der Waals surface area contributed by atoms with Crippen LogP contribution >= 0.6 is 0 Å². The summed E-state index contributed by atoms with van der Waals surface area (Å²) in [4.78, 5) is 0. The molecule has 4 nitrogen and oxygen atoms in total. The van der Waals surface area contributed by atoms with Crippen molar-refractivity contribution in [2.75, 3.05) is 0 Å². The van der Waals surface area contributed by atoms with E-state index in [9.17, 15) is 8.42 Å². The van der Waals surface area contributed by atoms with Crippen molar-refractivity contribution in [1.29, 1.82) is 0 Å². The van der Waals surface area contributed by atoms with E-state index in [0.29, 0.717) is 5.58 Å². The molecule has 1 N–H and O–H groups in total. The zero-order chi connectivity index (χ0) is 11.1. The maximum absolute atomic E-state index is 10.9. The Morgan fingerprint density at radius 3 is 2.60 bits per heavy atom. The predicted octanol–water partition coefficient (Wildman–Crippen LogP) is 2.38. The molecular weight excluding hydrogens is 216 g/mol. The van der Waals surface area contributed by atoms with Crippen molar-refractivity contribution in [3.63, 3.8) is 0 Å². The van der Waals surface area contributed by atoms with E-state index in [0.717, 1.165) is 5.39 Å². The van der Waals surface area contributed by atoms with Gasteiger partial charge in [-0.05, 0) is 19.1 Å². The van der Waals surface area contributed by atoms with Gasteiger partial charge in [-0.25, -0.2) is 0 Å². The summed E-state index contributed by atoms with van der Waals surface area (Å²) in [6, 6.07) is 8.82. The van der Waals surface area contributed by atoms with Crippen molar-refractivity contribution in [3.8, 4) is 0 Å². The number of para-hydroxylation sites is 1. The Morgan fingerprint density at radius 2 is 2.00 bits per heavy atom. The molecule has 0 radical (unpaired) electrons. The van der Waals surface area contributed by atoms with Crippen LogP contribution in [0.3, 0.4) is 0 Å². The Morgan fingerprint density at radius 1 is 1.33 bits per heavy atom. The van der Waals surface area contributed by atoms with E-state index in [4.69, 9.17) is 8.97 Å². The van der Waals surface area contributed by atoms with Gasteiger partial charge in [-0.3, -0.25) is 4.55 Å². The highest BCUT2D eigenvalue weighted by Gasteiger charge is 2.23. The Labute approximate surface area is 87.3 Å². The zero-order valence-corrected chi connectivity index (χ0v) is 8.86. The minimum Gasteiger partial charge on any atom is -0.460 e. The number of hydrogen-bond acceptors (Lipinski definition) is 3. The summed E-state index contributed by atoms with van der Waals surface area (Å²) in [5.74, 6) is 0.249. The zero-order valence-electron chi connectivity index (χ0n) is 8.04. The monoisotopic (exact) mass is 226 g/mol. The molecule has 5 heteroatoms. The summed E-state index contributed by atoms with van der Waals surface area (Å²) in [6.45, 7) is 1.38. The van der Waals surface area contributed by atoms with E-state index >= 15 is 0 Å². The molecule has 0 aliphatic heterocycles. The molecule has 1 unspecified atom stereocenters. The fraction of sp³-hybridized carbons (Fsp3) is 0.200. The van der Waals surface area contributed by atoms with Gasteiger partial charge in [0.05, 0.1) is 0 Å². The van der Waals surface area contributed by atoms with Crippen LogP contribution in [0.1, 0.15) is 17.9 Å². The smallest absolute Gasteiger partial charge is 0.274 e. The van der Waals surface area contributed by atoms with Crippen molar-refractivity contribution < 1.29 is 17.4 Å². The minimum atomic E-state index is -4.10. The first-order valence-electron chi connectivity index (χ1n) is 4.43. The van der Waals surface area contributed by atoms with Crippen molar-refractivity contribution in [2.24, 2.45) is 0 Å². The summed E-state index contributed by atoms with van der Waals surface area (Å²) < 4.78 is 36.0. The quantitative estimate of drug-likeness (QED) is 0.798. The molecule has 0 bridgehead atoms. The van der Waals surface area contributed by atoms with Crippen molar-refractivity contribution >= 4 is 21.1 Å². The Balaban J connectivity index is 2.54. The molecule has 2 rings (SSSR count). The van der Waals surface area contributed by atoms with Gasteiger partial charge in [-0.1, -0.05) is 18.2 Å². The molecule has 1 aromatic carbocycles. The lowest BCUT2D eigenvalue weighted by Gasteiger charge is -2.02. The van der Waals surface area contributed by atoms with E-state index in [-0.39, 0.29) is 5.76 Å². The van der Waals surface area contributed by atoms with Crippen molar-refractivity contribution in [3.05, 3.63) is 36.1 Å². The maximum Gasteiger partial charge on any atom is 0.274 e. The fourth-order valence-corrected chi connectivity index (χ4v) is 1.76. The second-order valence-corrected chi connectivity index (χ2v) is 5.08. The van der Waals surface area contributed by atoms with Gasteiger partial charge >= 0.3 is 0 Å². The highest BCUT2D eigenvalue weighted by atomic mass is 32.2. The molecule has 80 valence electrons. The molecule has 0 spiro atoms. The average Bonchev–Trinajstić information content (AvgIpc) is 2.58. The SMILES string of the molecule is CC(c1cc2ccccc2o1)S(=O)(=O)O. The van der Waals surface area contributed by atoms with Gasteiger partial charge in [-0.2, -0.15) is 8.42 Å². The van der Waals surface area contributed by atoms with Crippen LogP contribution in [-0.2, 0) is 10.1 Å². The van der Waals surface area contributed by atoms with Crippen LogP contribution in [0.4, 0.5) is 0 Å². The molecule has 0 amide bonds. The first-order chi connectivity index (χ1) is 6.98. The summed E-state index contributed by atoms with van der Waals surface area (Å²) in [6.07, 6.45) is 0. The standard InChI is InChI=1S/C10H10O4S/c1-7(15(11,12)13)10-6-8-4-2-3-5-9(8)14-10/h2-7H,1H3,(H,11,12,13). The molecule has 0 aliphatic carbocycles. The molecule has 15 heavy (non-hydrogen) atoms. The molecular formula is C10H10O4S. The molecule has 1 atom stereocenters. The van der Waals surface area contributed by atoms with Crippen molar-refractivity contribution in [2.45, 2.75) is 12.2 Å². The van der Waals surface area contributed by atoms with Gasteiger partial charge in [-0.15, -0.1) is 0 Å². The number of fused-ring (bicyclic) bond motifs is 1. The Hall–Kier alpha value is -1.33. The second kappa shape index (κ2) is 3.36. The third-order valence-corrected chi connectivity index (χ3v) is 3.42. The van der Waals surface area contributed by atoms with E-state index in [1.54, 1.807) is 18.2 Å². The summed E-state index contributed by atoms with van der Waals surface area (Å²) in [7, 11) is -4.10. The highest BCUT2D eigenvalue weighted by molar-refractivity contribution is 7.86. The third-order valence-electron chi connectivity index (χ3n) is 2.29. The van der Waals surface area contributed by atoms with Gasteiger partial charge < -0.3 is 4.42 Å². The topological polar surface area (TPSA) is 67.5 Å². The van der Waals surface area contributed by atoms with Crippen LogP contribution in [-0.4, -0.2) is 13.0 Å². The number of rotatable bonds is 2. The number of benzene rings is 1. The van der Waals surface area contributed by atoms with Gasteiger partial charge in [0.25, 0.3) is 10.1 Å². The molecule has 1 heterocycles. The van der Waals surface area contributed by atoms with Crippen LogP contribution in [0, 0.1) is 0 Å². The molecule has 1 aromatic heterocycles. The van der Waals surface area contributed by atoms with E-state index in [2.05, 4.69) is 0 Å². The summed E-state index contributed by atoms with van der Waals surface area (Å²) >= 11 is 0. The Kier molecular flexibility index (Phi) is 2.28. The molecule has 0 saturated heterocycles. The van der Waals surface area contributed by atoms with E-state index in [1.165, 1.54) is 6.92 Å². The van der Waals surface area contributed by atoms with Crippen LogP contribution in [0.25, 0.3) is 11.0 Å². The number of furan rings is 1. The van der Waals surface area contributed by atoms with Crippen LogP contribution in [0.5, 0.6) is 0 Å². The maximum atomic E-state index is 10.9. The lowest BCUT2D eigenvalue weighted by Crippen LogP contribution is -2.07. The highest BCUT2D eigenvalue weighted by Crippen LogP contribution is 2.27. The average molecular weight is 226 g/mol. The molecule has 0 aliphatic rings. The second-order valence-electron chi connectivity index (χ2n) is 3.34. The van der Waals surface area contributed by atoms with Crippen molar-refractivity contribution in [1.82, 2.24) is 0 Å². The Bertz CT molecular complexity index is 549. The predicted molar refractivity (Wildman–Crippen MR) is 56.2 cm³/mol. The lowest BCUT2D eigenvalue weighted by atomic mass is 10.2. The summed E-state index contributed by atoms with van der Waals surface area (Å²) in [5, 5.41) is -0.215. The van der Waals surface area contributed by atoms with Gasteiger partial charge in [0, 0.05) is 5.39 Å². The molecule has 0 saturated carbocycles. The minimum absolute atomic E-state index is 0.249. The molecule has 0 fully saturated rings. The van der Waals surface area contributed by atoms with E-state index < -0.39 is 15.4 Å². The van der Waals surface area contributed by atoms with Crippen LogP contribution in [0.15, 0.2) is 34.7 Å². The lowest BCUT2D eigenvalue weighted by molar-refractivity contribution is 0.455. The van der Waals surface area contributed by atoms with Gasteiger partial charge in [0.15, 0.2) is 0 Å². The van der Waals surface area contributed by atoms with Gasteiger partial charge in [0.2, 0.25) is 0 Å². The first kappa shape index (κ1) is 10.2. The first-order valence-corrected chi connectivity index (χ1v) is 5.93. The largest absolute Gasteiger partial charge is 0.460 e.